The van der Waals surface area contributed by atoms with Gasteiger partial charge in [0.1, 0.15) is 0 Å². The van der Waals surface area contributed by atoms with Gasteiger partial charge in [-0.15, -0.1) is 0 Å². The Bertz CT molecular complexity index is 509. The van der Waals surface area contributed by atoms with Crippen LogP contribution in [0.5, 0.6) is 0 Å². The number of hydrogen-bond donors (Lipinski definition) is 1. The lowest BCUT2D eigenvalue weighted by Crippen LogP contribution is -2.02. The molecule has 0 spiro atoms. The Morgan fingerprint density at radius 1 is 1.38 bits per heavy atom. The lowest BCUT2D eigenvalue weighted by atomic mass is 10.1. The zero-order valence-corrected chi connectivity index (χ0v) is 11.7. The van der Waals surface area contributed by atoms with Gasteiger partial charge in [-0.1, -0.05) is 19.1 Å². The molecule has 2 nitrogen and oxygen atoms in total. The Balaban J connectivity index is 2.59. The van der Waals surface area contributed by atoms with Crippen LogP contribution in [-0.2, 0) is 0 Å². The number of aromatic nitrogens is 1. The van der Waals surface area contributed by atoms with Gasteiger partial charge in [0.05, 0.1) is 5.52 Å². The van der Waals surface area contributed by atoms with E-state index in [4.69, 9.17) is 0 Å². The number of anilines is 1. The first-order valence-corrected chi connectivity index (χ1v) is 6.60. The largest absolute Gasteiger partial charge is 0.384 e. The van der Waals surface area contributed by atoms with Crippen LogP contribution in [-0.4, -0.2) is 11.5 Å². The normalized spacial score (nSPS) is 10.7. The zero-order valence-electron chi connectivity index (χ0n) is 9.55. The van der Waals surface area contributed by atoms with Crippen LogP contribution in [0, 0.1) is 10.5 Å². The number of aryl methyl sites for hydroxylation is 1. The minimum atomic E-state index is 1.00. The van der Waals surface area contributed by atoms with Gasteiger partial charge in [0.2, 0.25) is 0 Å². The van der Waals surface area contributed by atoms with Crippen molar-refractivity contribution >= 4 is 39.2 Å². The third kappa shape index (κ3) is 2.29. The fraction of sp³-hybridized carbons (Fsp3) is 0.308. The molecule has 2 rings (SSSR count). The van der Waals surface area contributed by atoms with Crippen LogP contribution in [0.25, 0.3) is 10.9 Å². The highest BCUT2D eigenvalue weighted by molar-refractivity contribution is 14.1. The van der Waals surface area contributed by atoms with E-state index in [0.29, 0.717) is 0 Å². The van der Waals surface area contributed by atoms with E-state index < -0.39 is 0 Å². The topological polar surface area (TPSA) is 24.9 Å². The van der Waals surface area contributed by atoms with Crippen LogP contribution in [0.3, 0.4) is 0 Å². The van der Waals surface area contributed by atoms with Crippen molar-refractivity contribution in [1.82, 2.24) is 4.98 Å². The SMILES string of the molecule is CCCNc1cc(C)nc2c(I)cccc12. The highest BCUT2D eigenvalue weighted by Crippen LogP contribution is 2.26. The molecule has 1 aromatic carbocycles. The van der Waals surface area contributed by atoms with E-state index in [9.17, 15) is 0 Å². The molecule has 0 bridgehead atoms. The van der Waals surface area contributed by atoms with E-state index in [1.54, 1.807) is 0 Å². The number of hydrogen-bond acceptors (Lipinski definition) is 2. The summed E-state index contributed by atoms with van der Waals surface area (Å²) in [6, 6.07) is 8.42. The predicted octanol–water partition coefficient (Wildman–Crippen LogP) is 3.97. The molecule has 84 valence electrons. The van der Waals surface area contributed by atoms with E-state index in [-0.39, 0.29) is 0 Å². The number of fused-ring (bicyclic) bond motifs is 1. The van der Waals surface area contributed by atoms with E-state index >= 15 is 0 Å². The maximum absolute atomic E-state index is 4.60. The van der Waals surface area contributed by atoms with E-state index in [2.05, 4.69) is 64.1 Å². The molecule has 0 aliphatic rings. The van der Waals surface area contributed by atoms with Gasteiger partial charge in [-0.05, 0) is 48.1 Å². The second kappa shape index (κ2) is 4.99. The number of pyridine rings is 1. The Kier molecular flexibility index (Phi) is 3.63. The van der Waals surface area contributed by atoms with Crippen LogP contribution in [0.2, 0.25) is 0 Å². The fourth-order valence-corrected chi connectivity index (χ4v) is 2.37. The molecule has 0 atom stereocenters. The van der Waals surface area contributed by atoms with Crippen LogP contribution in [0.15, 0.2) is 24.3 Å². The zero-order chi connectivity index (χ0) is 11.5. The van der Waals surface area contributed by atoms with Gasteiger partial charge >= 0.3 is 0 Å². The number of benzene rings is 1. The van der Waals surface area contributed by atoms with Gasteiger partial charge in [-0.25, -0.2) is 0 Å². The molecule has 0 unspecified atom stereocenters. The fourth-order valence-electron chi connectivity index (χ4n) is 1.75. The number of nitrogens with zero attached hydrogens (tertiary/aromatic N) is 1. The lowest BCUT2D eigenvalue weighted by Gasteiger charge is -2.10. The van der Waals surface area contributed by atoms with Gasteiger partial charge in [-0.3, -0.25) is 4.98 Å². The summed E-state index contributed by atoms with van der Waals surface area (Å²) in [5, 5.41) is 4.68. The summed E-state index contributed by atoms with van der Waals surface area (Å²) >= 11 is 2.34. The highest BCUT2D eigenvalue weighted by Gasteiger charge is 2.05. The number of rotatable bonds is 3. The van der Waals surface area contributed by atoms with Crippen molar-refractivity contribution in [3.63, 3.8) is 0 Å². The first-order valence-electron chi connectivity index (χ1n) is 5.52. The quantitative estimate of drug-likeness (QED) is 0.864. The summed E-state index contributed by atoms with van der Waals surface area (Å²) in [6.07, 6.45) is 1.13. The molecule has 1 heterocycles. The standard InChI is InChI=1S/C13H15IN2/c1-3-7-15-12-8-9(2)16-13-10(12)5-4-6-11(13)14/h4-6,8H,3,7H2,1-2H3,(H,15,16). The van der Waals surface area contributed by atoms with Crippen molar-refractivity contribution in [1.29, 1.82) is 0 Å². The van der Waals surface area contributed by atoms with E-state index in [1.807, 2.05) is 6.92 Å². The Labute approximate surface area is 110 Å². The van der Waals surface area contributed by atoms with Crippen LogP contribution >= 0.6 is 22.6 Å². The summed E-state index contributed by atoms with van der Waals surface area (Å²) in [4.78, 5) is 4.60. The van der Waals surface area contributed by atoms with Gasteiger partial charge in [0.25, 0.3) is 0 Å². The van der Waals surface area contributed by atoms with Gasteiger partial charge in [0, 0.05) is 26.9 Å². The minimum absolute atomic E-state index is 1.00. The third-order valence-electron chi connectivity index (χ3n) is 2.48. The van der Waals surface area contributed by atoms with Crippen molar-refractivity contribution in [3.8, 4) is 0 Å². The first kappa shape index (κ1) is 11.6. The molecule has 1 aromatic heterocycles. The molecule has 0 saturated carbocycles. The molecule has 0 aliphatic carbocycles. The molecular formula is C13H15IN2. The monoisotopic (exact) mass is 326 g/mol. The average molecular weight is 326 g/mol. The summed E-state index contributed by atoms with van der Waals surface area (Å²) in [6.45, 7) is 5.22. The number of halogens is 1. The Morgan fingerprint density at radius 3 is 2.94 bits per heavy atom. The predicted molar refractivity (Wildman–Crippen MR) is 78.0 cm³/mol. The number of nitrogens with one attached hydrogen (secondary N) is 1. The van der Waals surface area contributed by atoms with Crippen LogP contribution in [0.1, 0.15) is 19.0 Å². The molecule has 0 aliphatic heterocycles. The Hall–Kier alpha value is -0.840. The second-order valence-corrected chi connectivity index (χ2v) is 5.04. The van der Waals surface area contributed by atoms with E-state index in [1.165, 1.54) is 14.6 Å². The minimum Gasteiger partial charge on any atom is -0.384 e. The third-order valence-corrected chi connectivity index (χ3v) is 3.35. The van der Waals surface area contributed by atoms with Crippen LogP contribution < -0.4 is 5.32 Å². The smallest absolute Gasteiger partial charge is 0.0859 e. The molecule has 0 fully saturated rings. The molecule has 2 aromatic rings. The van der Waals surface area contributed by atoms with Crippen LogP contribution in [0.4, 0.5) is 5.69 Å². The van der Waals surface area contributed by atoms with Crippen molar-refractivity contribution in [2.24, 2.45) is 0 Å². The van der Waals surface area contributed by atoms with Gasteiger partial charge < -0.3 is 5.32 Å². The molecule has 0 radical (unpaired) electrons. The molecular weight excluding hydrogens is 311 g/mol. The maximum atomic E-state index is 4.60. The van der Waals surface area contributed by atoms with Crippen molar-refractivity contribution in [2.45, 2.75) is 20.3 Å². The van der Waals surface area contributed by atoms with Gasteiger partial charge in [0.15, 0.2) is 0 Å². The first-order chi connectivity index (χ1) is 7.72. The molecule has 3 heteroatoms. The van der Waals surface area contributed by atoms with Gasteiger partial charge in [-0.2, -0.15) is 0 Å². The highest BCUT2D eigenvalue weighted by atomic mass is 127. The summed E-state index contributed by atoms with van der Waals surface area (Å²) in [5.74, 6) is 0. The average Bonchev–Trinajstić information content (AvgIpc) is 2.27. The number of para-hydroxylation sites is 1. The summed E-state index contributed by atoms with van der Waals surface area (Å²) < 4.78 is 1.21. The molecule has 0 amide bonds. The molecule has 0 saturated heterocycles. The molecule has 1 N–H and O–H groups in total. The molecule has 16 heavy (non-hydrogen) atoms. The van der Waals surface area contributed by atoms with Crippen molar-refractivity contribution < 1.29 is 0 Å². The Morgan fingerprint density at radius 2 is 2.19 bits per heavy atom. The van der Waals surface area contributed by atoms with Crippen molar-refractivity contribution in [2.75, 3.05) is 11.9 Å². The van der Waals surface area contributed by atoms with Crippen molar-refractivity contribution in [3.05, 3.63) is 33.5 Å². The second-order valence-electron chi connectivity index (χ2n) is 3.87. The maximum Gasteiger partial charge on any atom is 0.0859 e. The van der Waals surface area contributed by atoms with E-state index in [0.717, 1.165) is 24.2 Å². The summed E-state index contributed by atoms with van der Waals surface area (Å²) in [7, 11) is 0. The summed E-state index contributed by atoms with van der Waals surface area (Å²) in [5.41, 5.74) is 3.36. The lowest BCUT2D eigenvalue weighted by molar-refractivity contribution is 0.980.